The number of nitrogens with zero attached hydrogens (tertiary/aromatic N) is 1. The van der Waals surface area contributed by atoms with Crippen molar-refractivity contribution >= 4 is 6.09 Å². The van der Waals surface area contributed by atoms with Gasteiger partial charge in [0.1, 0.15) is 23.1 Å². The first-order valence-electron chi connectivity index (χ1n) is 9.31. The number of halogens is 2. The second kappa shape index (κ2) is 8.26. The van der Waals surface area contributed by atoms with Crippen molar-refractivity contribution in [2.24, 2.45) is 5.92 Å². The zero-order valence-electron chi connectivity index (χ0n) is 16.2. The summed E-state index contributed by atoms with van der Waals surface area (Å²) in [6.45, 7) is 6.53. The van der Waals surface area contributed by atoms with Crippen LogP contribution in [0.25, 0.3) is 11.3 Å². The smallest absolute Gasteiger partial charge is 0.408 e. The van der Waals surface area contributed by atoms with Crippen LogP contribution in [0.2, 0.25) is 0 Å². The summed E-state index contributed by atoms with van der Waals surface area (Å²) >= 11 is 0. The van der Waals surface area contributed by atoms with Crippen LogP contribution in [0.3, 0.4) is 0 Å². The molecule has 8 heteroatoms. The molecule has 0 bridgehead atoms. The molecule has 1 amide bonds. The van der Waals surface area contributed by atoms with E-state index in [4.69, 9.17) is 9.47 Å². The Labute approximate surface area is 162 Å². The lowest BCUT2D eigenvalue weighted by molar-refractivity contribution is 0.0340. The summed E-state index contributed by atoms with van der Waals surface area (Å²) in [4.78, 5) is 19.8. The fourth-order valence-electron chi connectivity index (χ4n) is 3.22. The molecule has 2 aromatic rings. The van der Waals surface area contributed by atoms with Gasteiger partial charge in [-0.15, -0.1) is 0 Å². The van der Waals surface area contributed by atoms with E-state index in [2.05, 4.69) is 15.3 Å². The number of hydrogen-bond acceptors (Lipinski definition) is 4. The zero-order valence-corrected chi connectivity index (χ0v) is 16.2. The molecule has 1 aliphatic heterocycles. The largest absolute Gasteiger partial charge is 0.444 e. The number of amides is 1. The molecule has 152 valence electrons. The van der Waals surface area contributed by atoms with Crippen LogP contribution in [-0.4, -0.2) is 34.9 Å². The van der Waals surface area contributed by atoms with Crippen molar-refractivity contribution in [2.45, 2.75) is 45.3 Å². The number of carbonyl (C=O) groups excluding carboxylic acids is 1. The van der Waals surface area contributed by atoms with E-state index < -0.39 is 29.4 Å². The predicted molar refractivity (Wildman–Crippen MR) is 99.6 cm³/mol. The molecule has 6 nitrogen and oxygen atoms in total. The number of hydrogen-bond donors (Lipinski definition) is 2. The first-order chi connectivity index (χ1) is 13.2. The van der Waals surface area contributed by atoms with Crippen LogP contribution in [-0.2, 0) is 9.47 Å². The summed E-state index contributed by atoms with van der Waals surface area (Å²) in [5, 5.41) is 2.87. The van der Waals surface area contributed by atoms with Crippen LogP contribution in [0.4, 0.5) is 13.6 Å². The Morgan fingerprint density at radius 3 is 2.71 bits per heavy atom. The normalized spacial score (nSPS) is 16.6. The van der Waals surface area contributed by atoms with E-state index in [9.17, 15) is 13.6 Å². The van der Waals surface area contributed by atoms with Gasteiger partial charge in [-0.25, -0.2) is 18.6 Å². The Bertz CT molecular complexity index is 826. The minimum absolute atomic E-state index is 0.0606. The second-order valence-corrected chi connectivity index (χ2v) is 7.87. The molecule has 1 saturated heterocycles. The van der Waals surface area contributed by atoms with Crippen LogP contribution in [0.5, 0.6) is 0 Å². The Balaban J connectivity index is 1.86. The van der Waals surface area contributed by atoms with E-state index in [1.54, 1.807) is 20.8 Å². The van der Waals surface area contributed by atoms with E-state index in [0.29, 0.717) is 19.0 Å². The zero-order chi connectivity index (χ0) is 20.3. The van der Waals surface area contributed by atoms with Gasteiger partial charge in [-0.2, -0.15) is 0 Å². The number of ether oxygens (including phenoxy) is 2. The molecular formula is C20H25F2N3O3. The van der Waals surface area contributed by atoms with Crippen LogP contribution < -0.4 is 5.32 Å². The first kappa shape index (κ1) is 20.3. The summed E-state index contributed by atoms with van der Waals surface area (Å²) in [6, 6.07) is 2.76. The van der Waals surface area contributed by atoms with Gasteiger partial charge in [0.05, 0.1) is 11.7 Å². The van der Waals surface area contributed by atoms with Gasteiger partial charge in [-0.05, 0) is 57.7 Å². The highest BCUT2D eigenvalue weighted by atomic mass is 19.1. The highest BCUT2D eigenvalue weighted by Gasteiger charge is 2.31. The first-order valence-corrected chi connectivity index (χ1v) is 9.31. The molecule has 1 aromatic heterocycles. The third-order valence-corrected chi connectivity index (χ3v) is 4.51. The summed E-state index contributed by atoms with van der Waals surface area (Å²) in [5.41, 5.74) is -0.302. The fraction of sp³-hybridized carbons (Fsp3) is 0.500. The fourth-order valence-corrected chi connectivity index (χ4v) is 3.22. The highest BCUT2D eigenvalue weighted by molar-refractivity contribution is 5.68. The van der Waals surface area contributed by atoms with E-state index in [0.717, 1.165) is 31.0 Å². The number of alkyl carbamates (subject to hydrolysis) is 1. The quantitative estimate of drug-likeness (QED) is 0.810. The lowest BCUT2D eigenvalue weighted by atomic mass is 9.91. The van der Waals surface area contributed by atoms with Gasteiger partial charge in [-0.3, -0.25) is 0 Å². The average Bonchev–Trinajstić information content (AvgIpc) is 3.10. The van der Waals surface area contributed by atoms with Crippen LogP contribution in [0.15, 0.2) is 24.4 Å². The van der Waals surface area contributed by atoms with Crippen molar-refractivity contribution < 1.29 is 23.0 Å². The van der Waals surface area contributed by atoms with Crippen molar-refractivity contribution in [3.8, 4) is 11.3 Å². The predicted octanol–water partition coefficient (Wildman–Crippen LogP) is 4.35. The summed E-state index contributed by atoms with van der Waals surface area (Å²) in [7, 11) is 0. The number of carbonyl (C=O) groups is 1. The summed E-state index contributed by atoms with van der Waals surface area (Å²) in [6.07, 6.45) is 2.44. The highest BCUT2D eigenvalue weighted by Crippen LogP contribution is 2.31. The number of imidazole rings is 1. The number of aromatic nitrogens is 2. The van der Waals surface area contributed by atoms with Crippen molar-refractivity contribution in [1.29, 1.82) is 0 Å². The molecule has 1 atom stereocenters. The van der Waals surface area contributed by atoms with Gasteiger partial charge in [0.25, 0.3) is 0 Å². The SMILES string of the molecule is CC(C)(C)OC(=O)N[C@@H](c1nc(-c2cc(F)ccc2F)c[nH]1)C1CCOCC1. The molecule has 0 saturated carbocycles. The van der Waals surface area contributed by atoms with Gasteiger partial charge in [0.15, 0.2) is 0 Å². The van der Waals surface area contributed by atoms with E-state index in [1.165, 1.54) is 6.20 Å². The molecule has 2 heterocycles. The molecule has 0 radical (unpaired) electrons. The third kappa shape index (κ3) is 5.07. The maximum Gasteiger partial charge on any atom is 0.408 e. The lowest BCUT2D eigenvalue weighted by Gasteiger charge is -2.30. The second-order valence-electron chi connectivity index (χ2n) is 7.87. The molecule has 0 spiro atoms. The summed E-state index contributed by atoms with van der Waals surface area (Å²) < 4.78 is 38.4. The molecule has 0 unspecified atom stereocenters. The molecule has 28 heavy (non-hydrogen) atoms. The van der Waals surface area contributed by atoms with Gasteiger partial charge in [0, 0.05) is 25.0 Å². The van der Waals surface area contributed by atoms with Gasteiger partial charge in [-0.1, -0.05) is 0 Å². The molecule has 3 rings (SSSR count). The van der Waals surface area contributed by atoms with Gasteiger partial charge < -0.3 is 19.8 Å². The number of rotatable bonds is 4. The minimum Gasteiger partial charge on any atom is -0.444 e. The summed E-state index contributed by atoms with van der Waals surface area (Å²) in [5.74, 6) is -0.565. The topological polar surface area (TPSA) is 76.2 Å². The van der Waals surface area contributed by atoms with Gasteiger partial charge in [0.2, 0.25) is 0 Å². The molecule has 1 fully saturated rings. The standard InChI is InChI=1S/C20H25F2N3O3/c1-20(2,3)28-19(26)25-17(12-6-8-27-9-7-12)18-23-11-16(24-18)14-10-13(21)4-5-15(14)22/h4-5,10-12,17H,6-9H2,1-3H3,(H,23,24)(H,25,26)/t17-/m1/s1. The van der Waals surface area contributed by atoms with Crippen LogP contribution >= 0.6 is 0 Å². The Hall–Kier alpha value is -2.48. The maximum atomic E-state index is 14.1. The Morgan fingerprint density at radius 1 is 1.32 bits per heavy atom. The number of aromatic amines is 1. The number of nitrogens with one attached hydrogen (secondary N) is 2. The number of benzene rings is 1. The van der Waals surface area contributed by atoms with E-state index in [1.807, 2.05) is 0 Å². The van der Waals surface area contributed by atoms with Crippen molar-refractivity contribution in [1.82, 2.24) is 15.3 Å². The van der Waals surface area contributed by atoms with Crippen molar-refractivity contribution in [3.05, 3.63) is 41.9 Å². The Kier molecular flexibility index (Phi) is 5.98. The minimum atomic E-state index is -0.636. The average molecular weight is 393 g/mol. The Morgan fingerprint density at radius 2 is 2.04 bits per heavy atom. The molecule has 0 aliphatic carbocycles. The van der Waals surface area contributed by atoms with Crippen LogP contribution in [0, 0.1) is 17.6 Å². The van der Waals surface area contributed by atoms with Crippen molar-refractivity contribution in [3.63, 3.8) is 0 Å². The van der Waals surface area contributed by atoms with E-state index in [-0.39, 0.29) is 17.2 Å². The maximum absolute atomic E-state index is 14.1. The van der Waals surface area contributed by atoms with Crippen LogP contribution in [0.1, 0.15) is 45.5 Å². The third-order valence-electron chi connectivity index (χ3n) is 4.51. The molecule has 2 N–H and O–H groups in total. The number of H-pyrrole nitrogens is 1. The van der Waals surface area contributed by atoms with E-state index >= 15 is 0 Å². The molecule has 1 aliphatic rings. The molecular weight excluding hydrogens is 368 g/mol. The molecule has 1 aromatic carbocycles. The van der Waals surface area contributed by atoms with Crippen molar-refractivity contribution in [2.75, 3.05) is 13.2 Å². The lowest BCUT2D eigenvalue weighted by Crippen LogP contribution is -2.39. The van der Waals surface area contributed by atoms with Gasteiger partial charge >= 0.3 is 6.09 Å². The monoisotopic (exact) mass is 393 g/mol.